The average molecular weight is 444 g/mol. The van der Waals surface area contributed by atoms with Crippen molar-refractivity contribution < 1.29 is 14.4 Å². The smallest absolute Gasteiger partial charge is 0.325 e. The van der Waals surface area contributed by atoms with Crippen LogP contribution < -0.4 is 5.32 Å². The Labute approximate surface area is 193 Å². The third kappa shape index (κ3) is 3.52. The van der Waals surface area contributed by atoms with Crippen molar-refractivity contribution in [2.75, 3.05) is 6.54 Å². The van der Waals surface area contributed by atoms with Crippen LogP contribution in [0.4, 0.5) is 4.79 Å². The summed E-state index contributed by atoms with van der Waals surface area (Å²) in [5.41, 5.74) is 2.02. The van der Waals surface area contributed by atoms with Gasteiger partial charge in [-0.05, 0) is 67.1 Å². The molecule has 0 radical (unpaired) electrons. The maximum atomic E-state index is 13.7. The molecule has 2 aromatic carbocycles. The van der Waals surface area contributed by atoms with Crippen LogP contribution in [0.3, 0.4) is 0 Å². The van der Waals surface area contributed by atoms with Gasteiger partial charge in [-0.15, -0.1) is 0 Å². The summed E-state index contributed by atoms with van der Waals surface area (Å²) in [5, 5.41) is 2.95. The van der Waals surface area contributed by atoms with E-state index in [2.05, 4.69) is 5.32 Å². The Morgan fingerprint density at radius 2 is 1.67 bits per heavy atom. The number of aryl methyl sites for hydroxylation is 1. The first-order chi connectivity index (χ1) is 16.1. The molecule has 3 fully saturated rings. The molecule has 2 aromatic rings. The molecule has 4 aliphatic rings. The topological polar surface area (TPSA) is 69.7 Å². The standard InChI is InChI=1S/C27H29N3O3/c31-23(29(16-18-6-2-1-3-7-18)24(20-10-11-20)21-12-13-21)17-30-25(32)27(28-26(30)33)15-14-19-8-4-5-9-22(19)27/h1-9,20-21,24H,10-17H2,(H,28,33). The molecular weight excluding hydrogens is 414 g/mol. The zero-order valence-electron chi connectivity index (χ0n) is 18.7. The minimum absolute atomic E-state index is 0.130. The van der Waals surface area contributed by atoms with Crippen LogP contribution in [-0.4, -0.2) is 40.2 Å². The van der Waals surface area contributed by atoms with Gasteiger partial charge in [0, 0.05) is 12.6 Å². The van der Waals surface area contributed by atoms with Gasteiger partial charge in [0.2, 0.25) is 5.91 Å². The summed E-state index contributed by atoms with van der Waals surface area (Å²) in [5.74, 6) is 0.664. The van der Waals surface area contributed by atoms with Crippen molar-refractivity contribution >= 4 is 17.8 Å². The lowest BCUT2D eigenvalue weighted by Crippen LogP contribution is -2.49. The van der Waals surface area contributed by atoms with E-state index in [-0.39, 0.29) is 24.4 Å². The Bertz CT molecular complexity index is 1100. The van der Waals surface area contributed by atoms with Crippen molar-refractivity contribution in [2.24, 2.45) is 11.8 Å². The van der Waals surface area contributed by atoms with E-state index < -0.39 is 11.6 Å². The Hall–Kier alpha value is -3.15. The van der Waals surface area contributed by atoms with Crippen molar-refractivity contribution in [3.63, 3.8) is 0 Å². The van der Waals surface area contributed by atoms with Gasteiger partial charge in [0.05, 0.1) is 0 Å². The van der Waals surface area contributed by atoms with E-state index in [1.165, 1.54) is 0 Å². The highest BCUT2D eigenvalue weighted by Crippen LogP contribution is 2.48. The highest BCUT2D eigenvalue weighted by atomic mass is 16.2. The highest BCUT2D eigenvalue weighted by molar-refractivity contribution is 6.10. The third-order valence-corrected chi connectivity index (χ3v) is 7.80. The molecule has 2 saturated carbocycles. The van der Waals surface area contributed by atoms with Crippen molar-refractivity contribution in [1.29, 1.82) is 0 Å². The maximum Gasteiger partial charge on any atom is 0.325 e. The maximum absolute atomic E-state index is 13.7. The third-order valence-electron chi connectivity index (χ3n) is 7.80. The summed E-state index contributed by atoms with van der Waals surface area (Å²) in [6, 6.07) is 17.6. The molecule has 6 nitrogen and oxygen atoms in total. The quantitative estimate of drug-likeness (QED) is 0.665. The SMILES string of the molecule is O=C1NC2(CCc3ccccc32)C(=O)N1CC(=O)N(Cc1ccccc1)C(C1CC1)C1CC1. The fourth-order valence-corrected chi connectivity index (χ4v) is 5.87. The molecule has 0 bridgehead atoms. The number of nitrogens with one attached hydrogen (secondary N) is 1. The molecule has 0 aromatic heterocycles. The van der Waals surface area contributed by atoms with Crippen LogP contribution in [-0.2, 0) is 28.1 Å². The van der Waals surface area contributed by atoms with Crippen molar-refractivity contribution in [3.05, 3.63) is 71.3 Å². The molecule has 1 unspecified atom stereocenters. The number of carbonyl (C=O) groups excluding carboxylic acids is 3. The van der Waals surface area contributed by atoms with Crippen molar-refractivity contribution in [2.45, 2.75) is 56.7 Å². The molecule has 1 N–H and O–H groups in total. The molecule has 170 valence electrons. The molecule has 1 aliphatic heterocycles. The predicted octanol–water partition coefficient (Wildman–Crippen LogP) is 3.60. The first-order valence-electron chi connectivity index (χ1n) is 12.1. The number of urea groups is 1. The van der Waals surface area contributed by atoms with Crippen molar-refractivity contribution in [1.82, 2.24) is 15.1 Å². The number of imide groups is 1. The van der Waals surface area contributed by atoms with Gasteiger partial charge in [0.1, 0.15) is 12.1 Å². The number of amides is 4. The van der Waals surface area contributed by atoms with Gasteiger partial charge in [-0.1, -0.05) is 54.6 Å². The van der Waals surface area contributed by atoms with Crippen LogP contribution in [0.2, 0.25) is 0 Å². The number of rotatable bonds is 7. The first kappa shape index (κ1) is 20.5. The molecule has 6 rings (SSSR count). The highest BCUT2D eigenvalue weighted by Gasteiger charge is 2.56. The van der Waals surface area contributed by atoms with Crippen LogP contribution in [0, 0.1) is 11.8 Å². The number of fused-ring (bicyclic) bond motifs is 2. The summed E-state index contributed by atoms with van der Waals surface area (Å²) in [7, 11) is 0. The summed E-state index contributed by atoms with van der Waals surface area (Å²) in [6.45, 7) is 0.326. The molecule has 4 amide bonds. The summed E-state index contributed by atoms with van der Waals surface area (Å²) in [6.07, 6.45) is 5.91. The van der Waals surface area contributed by atoms with Gasteiger partial charge >= 0.3 is 6.03 Å². The molecule has 33 heavy (non-hydrogen) atoms. The lowest BCUT2D eigenvalue weighted by molar-refractivity contribution is -0.141. The Morgan fingerprint density at radius 1 is 1.00 bits per heavy atom. The van der Waals surface area contributed by atoms with Crippen LogP contribution >= 0.6 is 0 Å². The Balaban J connectivity index is 1.26. The minimum atomic E-state index is -1.02. The monoisotopic (exact) mass is 443 g/mol. The fraction of sp³-hybridized carbons (Fsp3) is 0.444. The van der Waals surface area contributed by atoms with E-state index in [0.717, 1.165) is 53.7 Å². The lowest BCUT2D eigenvalue weighted by Gasteiger charge is -2.33. The second-order valence-electron chi connectivity index (χ2n) is 10.1. The number of hydrogen-bond donors (Lipinski definition) is 1. The van der Waals surface area contributed by atoms with Crippen LogP contribution in [0.1, 0.15) is 48.8 Å². The van der Waals surface area contributed by atoms with E-state index in [0.29, 0.717) is 24.8 Å². The minimum Gasteiger partial charge on any atom is -0.333 e. The largest absolute Gasteiger partial charge is 0.333 e. The summed E-state index contributed by atoms with van der Waals surface area (Å²) >= 11 is 0. The van der Waals surface area contributed by atoms with Crippen molar-refractivity contribution in [3.8, 4) is 0 Å². The van der Waals surface area contributed by atoms with E-state index in [1.807, 2.05) is 59.5 Å². The first-order valence-corrected chi connectivity index (χ1v) is 12.1. The Morgan fingerprint density at radius 3 is 2.36 bits per heavy atom. The Kier molecular flexibility index (Phi) is 4.78. The zero-order chi connectivity index (χ0) is 22.6. The number of benzene rings is 2. The molecule has 6 heteroatoms. The van der Waals surface area contributed by atoms with Crippen LogP contribution in [0.25, 0.3) is 0 Å². The summed E-state index contributed by atoms with van der Waals surface area (Å²) < 4.78 is 0. The lowest BCUT2D eigenvalue weighted by atomic mass is 9.92. The second-order valence-corrected chi connectivity index (χ2v) is 10.1. The molecule has 1 heterocycles. The molecule has 3 aliphatic carbocycles. The van der Waals surface area contributed by atoms with Gasteiger partial charge in [-0.3, -0.25) is 14.5 Å². The predicted molar refractivity (Wildman–Crippen MR) is 123 cm³/mol. The number of nitrogens with zero attached hydrogens (tertiary/aromatic N) is 2. The normalized spacial score (nSPS) is 23.8. The van der Waals surface area contributed by atoms with E-state index in [4.69, 9.17) is 0 Å². The molecule has 1 atom stereocenters. The van der Waals surface area contributed by atoms with E-state index in [9.17, 15) is 14.4 Å². The van der Waals surface area contributed by atoms with E-state index >= 15 is 0 Å². The molecule has 1 spiro atoms. The van der Waals surface area contributed by atoms with Gasteiger partial charge in [0.15, 0.2) is 0 Å². The average Bonchev–Trinajstić information content (AvgIpc) is 3.77. The van der Waals surface area contributed by atoms with Gasteiger partial charge in [0.25, 0.3) is 5.91 Å². The fourth-order valence-electron chi connectivity index (χ4n) is 5.87. The van der Waals surface area contributed by atoms with Gasteiger partial charge < -0.3 is 10.2 Å². The zero-order valence-corrected chi connectivity index (χ0v) is 18.7. The second kappa shape index (κ2) is 7.72. The number of hydrogen-bond acceptors (Lipinski definition) is 3. The number of carbonyl (C=O) groups is 3. The van der Waals surface area contributed by atoms with Gasteiger partial charge in [-0.2, -0.15) is 0 Å². The molecule has 1 saturated heterocycles. The van der Waals surface area contributed by atoms with Crippen LogP contribution in [0.5, 0.6) is 0 Å². The molecular formula is C27H29N3O3. The summed E-state index contributed by atoms with van der Waals surface area (Å²) in [4.78, 5) is 43.3. The van der Waals surface area contributed by atoms with Gasteiger partial charge in [-0.25, -0.2) is 4.79 Å². The van der Waals surface area contributed by atoms with Crippen LogP contribution in [0.15, 0.2) is 54.6 Å². The van der Waals surface area contributed by atoms with E-state index in [1.54, 1.807) is 0 Å².